The third-order valence-electron chi connectivity index (χ3n) is 2.20. The fourth-order valence-corrected chi connectivity index (χ4v) is 1.98. The van der Waals surface area contributed by atoms with Crippen molar-refractivity contribution in [1.82, 2.24) is 5.32 Å². The number of carbonyl (C=O) groups excluding carboxylic acids is 1. The highest BCUT2D eigenvalue weighted by molar-refractivity contribution is 9.09. The average molecular weight is 288 g/mol. The molecule has 1 N–H and O–H groups in total. The lowest BCUT2D eigenvalue weighted by atomic mass is 10.2. The molecule has 1 aromatic rings. The van der Waals surface area contributed by atoms with Gasteiger partial charge in [0.25, 0.3) is 5.91 Å². The number of rotatable bonds is 5. The Bertz CT molecular complexity index is 357. The monoisotopic (exact) mass is 287 g/mol. The lowest BCUT2D eigenvalue weighted by Crippen LogP contribution is -2.30. The smallest absolute Gasteiger partial charge is 0.254 e. The minimum Gasteiger partial charge on any atom is -0.351 e. The van der Waals surface area contributed by atoms with Gasteiger partial charge in [-0.05, 0) is 18.6 Å². The van der Waals surface area contributed by atoms with Crippen LogP contribution in [0, 0.1) is 5.82 Å². The van der Waals surface area contributed by atoms with Crippen molar-refractivity contribution in [2.45, 2.75) is 24.6 Å². The summed E-state index contributed by atoms with van der Waals surface area (Å²) in [5, 5.41) is 2.70. The zero-order chi connectivity index (χ0) is 12.0. The number of hydrogen-bond acceptors (Lipinski definition) is 1. The molecule has 0 aromatic heterocycles. The summed E-state index contributed by atoms with van der Waals surface area (Å²) in [6.07, 6.45) is 2.03. The van der Waals surface area contributed by atoms with Gasteiger partial charge >= 0.3 is 0 Å². The zero-order valence-electron chi connectivity index (χ0n) is 9.17. The van der Waals surface area contributed by atoms with E-state index >= 15 is 0 Å². The predicted octanol–water partition coefficient (Wildman–Crippen LogP) is 3.12. The van der Waals surface area contributed by atoms with Gasteiger partial charge in [0.05, 0.1) is 5.56 Å². The molecule has 0 heterocycles. The maximum Gasteiger partial charge on any atom is 0.254 e. The number of amides is 1. The highest BCUT2D eigenvalue weighted by atomic mass is 79.9. The SMILES string of the molecule is CCCC(Br)CNC(=O)c1ccccc1F. The molecule has 0 fully saturated rings. The molecule has 1 aromatic carbocycles. The van der Waals surface area contributed by atoms with E-state index in [4.69, 9.17) is 0 Å². The summed E-state index contributed by atoms with van der Waals surface area (Å²) in [6, 6.07) is 5.98. The van der Waals surface area contributed by atoms with Gasteiger partial charge in [0, 0.05) is 11.4 Å². The lowest BCUT2D eigenvalue weighted by Gasteiger charge is -2.10. The average Bonchev–Trinajstić information content (AvgIpc) is 2.27. The van der Waals surface area contributed by atoms with E-state index in [0.29, 0.717) is 6.54 Å². The molecule has 0 radical (unpaired) electrons. The summed E-state index contributed by atoms with van der Waals surface area (Å²) in [5.74, 6) is -0.847. The van der Waals surface area contributed by atoms with Gasteiger partial charge in [-0.3, -0.25) is 4.79 Å². The molecule has 1 atom stereocenters. The van der Waals surface area contributed by atoms with Gasteiger partial charge in [-0.15, -0.1) is 0 Å². The van der Waals surface area contributed by atoms with Crippen LogP contribution in [-0.2, 0) is 0 Å². The van der Waals surface area contributed by atoms with Gasteiger partial charge in [-0.25, -0.2) is 4.39 Å². The Kier molecular flexibility index (Phi) is 5.46. The van der Waals surface area contributed by atoms with Gasteiger partial charge in [0.1, 0.15) is 5.82 Å². The van der Waals surface area contributed by atoms with Crippen LogP contribution in [0.1, 0.15) is 30.1 Å². The first kappa shape index (κ1) is 13.2. The van der Waals surface area contributed by atoms with Crippen LogP contribution in [0.2, 0.25) is 0 Å². The van der Waals surface area contributed by atoms with Crippen molar-refractivity contribution in [3.8, 4) is 0 Å². The Morgan fingerprint density at radius 2 is 2.19 bits per heavy atom. The van der Waals surface area contributed by atoms with E-state index in [1.165, 1.54) is 12.1 Å². The van der Waals surface area contributed by atoms with Crippen LogP contribution in [-0.4, -0.2) is 17.3 Å². The quantitative estimate of drug-likeness (QED) is 0.829. The minimum absolute atomic E-state index is 0.0960. The summed E-state index contributed by atoms with van der Waals surface area (Å²) in [7, 11) is 0. The first-order chi connectivity index (χ1) is 7.65. The van der Waals surface area contributed by atoms with E-state index in [1.807, 2.05) is 0 Å². The van der Waals surface area contributed by atoms with Gasteiger partial charge < -0.3 is 5.32 Å². The second kappa shape index (κ2) is 6.63. The van der Waals surface area contributed by atoms with Crippen LogP contribution in [0.4, 0.5) is 4.39 Å². The number of halogens is 2. The van der Waals surface area contributed by atoms with Crippen molar-refractivity contribution in [3.05, 3.63) is 35.6 Å². The van der Waals surface area contributed by atoms with Crippen molar-refractivity contribution in [1.29, 1.82) is 0 Å². The first-order valence-corrected chi connectivity index (χ1v) is 6.23. The molecule has 4 heteroatoms. The standard InChI is InChI=1S/C12H15BrFNO/c1-2-5-9(13)8-15-12(16)10-6-3-4-7-11(10)14/h3-4,6-7,9H,2,5,8H2,1H3,(H,15,16). The molecular weight excluding hydrogens is 273 g/mol. The molecule has 0 aliphatic rings. The van der Waals surface area contributed by atoms with Crippen molar-refractivity contribution < 1.29 is 9.18 Å². The van der Waals surface area contributed by atoms with Gasteiger partial charge in [0.2, 0.25) is 0 Å². The van der Waals surface area contributed by atoms with E-state index in [9.17, 15) is 9.18 Å². The second-order valence-corrected chi connectivity index (χ2v) is 4.87. The summed E-state index contributed by atoms with van der Waals surface area (Å²) in [6.45, 7) is 2.59. The Balaban J connectivity index is 2.50. The third kappa shape index (κ3) is 3.93. The number of benzene rings is 1. The van der Waals surface area contributed by atoms with E-state index in [0.717, 1.165) is 12.8 Å². The van der Waals surface area contributed by atoms with E-state index < -0.39 is 5.82 Å². The number of hydrogen-bond donors (Lipinski definition) is 1. The highest BCUT2D eigenvalue weighted by Gasteiger charge is 2.11. The predicted molar refractivity (Wildman–Crippen MR) is 66.4 cm³/mol. The Morgan fingerprint density at radius 3 is 2.81 bits per heavy atom. The van der Waals surface area contributed by atoms with E-state index in [2.05, 4.69) is 28.2 Å². The summed E-state index contributed by atoms with van der Waals surface area (Å²) < 4.78 is 13.2. The van der Waals surface area contributed by atoms with E-state index in [-0.39, 0.29) is 16.3 Å². The highest BCUT2D eigenvalue weighted by Crippen LogP contribution is 2.08. The molecule has 1 unspecified atom stereocenters. The van der Waals surface area contributed by atoms with Crippen molar-refractivity contribution in [2.75, 3.05) is 6.54 Å². The molecular formula is C12H15BrFNO. The molecule has 88 valence electrons. The van der Waals surface area contributed by atoms with Crippen molar-refractivity contribution >= 4 is 21.8 Å². The van der Waals surface area contributed by atoms with Crippen LogP contribution < -0.4 is 5.32 Å². The minimum atomic E-state index is -0.485. The van der Waals surface area contributed by atoms with Gasteiger partial charge in [-0.2, -0.15) is 0 Å². The first-order valence-electron chi connectivity index (χ1n) is 5.32. The number of nitrogens with one attached hydrogen (secondary N) is 1. The molecule has 0 bridgehead atoms. The van der Waals surface area contributed by atoms with Crippen LogP contribution >= 0.6 is 15.9 Å². The molecule has 0 saturated heterocycles. The summed E-state index contributed by atoms with van der Waals surface area (Å²) >= 11 is 3.45. The van der Waals surface area contributed by atoms with Gasteiger partial charge in [0.15, 0.2) is 0 Å². The fourth-order valence-electron chi connectivity index (χ4n) is 1.36. The molecule has 0 aliphatic heterocycles. The molecule has 1 amide bonds. The van der Waals surface area contributed by atoms with Crippen LogP contribution in [0.5, 0.6) is 0 Å². The molecule has 0 spiro atoms. The molecule has 16 heavy (non-hydrogen) atoms. The second-order valence-electron chi connectivity index (χ2n) is 3.58. The Morgan fingerprint density at radius 1 is 1.50 bits per heavy atom. The normalized spacial score (nSPS) is 12.2. The molecule has 0 saturated carbocycles. The Hall–Kier alpha value is -0.900. The molecule has 0 aliphatic carbocycles. The van der Waals surface area contributed by atoms with Crippen molar-refractivity contribution in [2.24, 2.45) is 0 Å². The third-order valence-corrected chi connectivity index (χ3v) is 2.99. The van der Waals surface area contributed by atoms with Gasteiger partial charge in [-0.1, -0.05) is 41.4 Å². The van der Waals surface area contributed by atoms with Crippen LogP contribution in [0.25, 0.3) is 0 Å². The van der Waals surface area contributed by atoms with Crippen LogP contribution in [0.3, 0.4) is 0 Å². The maximum atomic E-state index is 13.2. The topological polar surface area (TPSA) is 29.1 Å². The lowest BCUT2D eigenvalue weighted by molar-refractivity contribution is 0.0949. The maximum absolute atomic E-state index is 13.2. The van der Waals surface area contributed by atoms with E-state index in [1.54, 1.807) is 12.1 Å². The summed E-state index contributed by atoms with van der Waals surface area (Å²) in [4.78, 5) is 11.8. The number of carbonyl (C=O) groups is 1. The largest absolute Gasteiger partial charge is 0.351 e. The molecule has 2 nitrogen and oxygen atoms in total. The van der Waals surface area contributed by atoms with Crippen LogP contribution in [0.15, 0.2) is 24.3 Å². The van der Waals surface area contributed by atoms with Crippen molar-refractivity contribution in [3.63, 3.8) is 0 Å². The fraction of sp³-hybridized carbons (Fsp3) is 0.417. The Labute approximate surface area is 103 Å². The number of alkyl halides is 1. The summed E-state index contributed by atoms with van der Waals surface area (Å²) in [5.41, 5.74) is 0.0960. The molecule has 1 rings (SSSR count). The zero-order valence-corrected chi connectivity index (χ0v) is 10.8.